The molecule has 30 aromatic rings. The molecule has 6 nitrogen and oxygen atoms in total. The summed E-state index contributed by atoms with van der Waals surface area (Å²) in [7, 11) is 0. The molecule has 0 unspecified atom stereocenters. The van der Waals surface area contributed by atoms with Crippen LogP contribution in [-0.2, 0) is 0 Å². The minimum absolute atomic E-state index is 1.15. The van der Waals surface area contributed by atoms with Gasteiger partial charge in [0.05, 0.1) is 66.2 Å². The Hall–Kier alpha value is -19.1. The smallest absolute Gasteiger partial charge is 0.0548 e. The molecule has 0 amide bonds. The van der Waals surface area contributed by atoms with E-state index in [4.69, 9.17) is 0 Å². The van der Waals surface area contributed by atoms with E-state index < -0.39 is 0 Å². The van der Waals surface area contributed by atoms with Gasteiger partial charge >= 0.3 is 0 Å². The molecule has 6 heterocycles. The lowest BCUT2D eigenvalue weighted by Crippen LogP contribution is -1.95. The van der Waals surface area contributed by atoms with Gasteiger partial charge in [-0.15, -0.1) is 0 Å². The highest BCUT2D eigenvalue weighted by atomic mass is 15.0. The van der Waals surface area contributed by atoms with Crippen molar-refractivity contribution >= 4 is 163 Å². The minimum atomic E-state index is 1.15. The summed E-state index contributed by atoms with van der Waals surface area (Å²) in [5, 5.41) is 22.7. The van der Waals surface area contributed by atoms with Crippen LogP contribution >= 0.6 is 0 Å². The van der Waals surface area contributed by atoms with Gasteiger partial charge in [-0.25, -0.2) is 0 Å². The minimum Gasteiger partial charge on any atom is -0.309 e. The summed E-state index contributed by atoms with van der Waals surface area (Å²) < 4.78 is 14.6. The first-order valence-electron chi connectivity index (χ1n) is 49.6. The molecule has 0 atom stereocenters. The summed E-state index contributed by atoms with van der Waals surface area (Å²) in [4.78, 5) is 0. The van der Waals surface area contributed by atoms with Gasteiger partial charge in [0, 0.05) is 98.8 Å². The Bertz CT molecular complexity index is 10300. The molecule has 0 bridgehead atoms. The molecule has 0 spiro atoms. The molecule has 144 heavy (non-hydrogen) atoms. The second-order valence-electron chi connectivity index (χ2n) is 37.7. The molecular weight excluding hydrogens is 1740 g/mol. The van der Waals surface area contributed by atoms with Gasteiger partial charge in [0.2, 0.25) is 0 Å². The molecular formula is C138H90N6. The third kappa shape index (κ3) is 13.9. The molecule has 24 aromatic carbocycles. The average Bonchev–Trinajstić information content (AvgIpc) is 1.55. The van der Waals surface area contributed by atoms with Crippen LogP contribution in [0.4, 0.5) is 0 Å². The van der Waals surface area contributed by atoms with E-state index in [-0.39, 0.29) is 0 Å². The van der Waals surface area contributed by atoms with Gasteiger partial charge in [0.1, 0.15) is 0 Å². The highest BCUT2D eigenvalue weighted by molar-refractivity contribution is 6.32. The van der Waals surface area contributed by atoms with Crippen LogP contribution in [0.3, 0.4) is 0 Å². The number of fused-ring (bicyclic) bond motifs is 24. The van der Waals surface area contributed by atoms with E-state index in [0.717, 1.165) is 22.7 Å². The van der Waals surface area contributed by atoms with Gasteiger partial charge in [-0.05, 0) is 263 Å². The van der Waals surface area contributed by atoms with E-state index in [1.54, 1.807) is 0 Å². The molecule has 0 saturated carbocycles. The van der Waals surface area contributed by atoms with Crippen molar-refractivity contribution in [3.05, 3.63) is 546 Å². The van der Waals surface area contributed by atoms with Gasteiger partial charge < -0.3 is 27.4 Å². The Kier molecular flexibility index (Phi) is 19.9. The van der Waals surface area contributed by atoms with Crippen LogP contribution in [0, 0.1) is 0 Å². The number of hydrogen-bond acceptors (Lipinski definition) is 0. The Morgan fingerprint density at radius 3 is 0.715 bits per heavy atom. The molecule has 672 valence electrons. The van der Waals surface area contributed by atoms with Gasteiger partial charge in [0.25, 0.3) is 0 Å². The predicted octanol–water partition coefficient (Wildman–Crippen LogP) is 37.1. The topological polar surface area (TPSA) is 29.6 Å². The molecule has 0 saturated heterocycles. The van der Waals surface area contributed by atoms with Crippen molar-refractivity contribution in [2.75, 3.05) is 0 Å². The van der Waals surface area contributed by atoms with E-state index in [2.05, 4.69) is 573 Å². The Morgan fingerprint density at radius 1 is 0.0972 bits per heavy atom. The van der Waals surface area contributed by atoms with E-state index >= 15 is 0 Å². The third-order valence-electron chi connectivity index (χ3n) is 29.7. The van der Waals surface area contributed by atoms with Crippen LogP contribution in [-0.4, -0.2) is 27.4 Å². The zero-order chi connectivity index (χ0) is 94.8. The highest BCUT2D eigenvalue weighted by Gasteiger charge is 2.27. The van der Waals surface area contributed by atoms with E-state index in [0.29, 0.717) is 0 Å². The molecule has 6 aromatic heterocycles. The number of rotatable bonds is 12. The summed E-state index contributed by atoms with van der Waals surface area (Å²) in [6.45, 7) is 0. The third-order valence-corrected chi connectivity index (χ3v) is 29.7. The molecule has 0 N–H and O–H groups in total. The summed E-state index contributed by atoms with van der Waals surface area (Å²) in [6, 6.07) is 198. The standard InChI is InChI=1S/3C46H30N2/c1-4-12-31(13-5-1)33-20-21-35-29-38(24-22-34(35)28-33)48-41-19-11-10-18-39(41)45-43(48)26-27-44-46(45)40-30-36(32-14-6-2-7-15-32)23-25-42(40)47(44)37-16-8-3-9-17-37;1-4-12-31(13-5-1)33-20-21-35-29-38(24-22-34(35)28-33)48-41-19-11-10-18-39(41)45-43(48)27-26-42-46(45)40-25-23-36(32-14-6-2-7-15-32)30-44(40)47(42)37-16-8-3-9-17-37;1-3-12-31(13-4-1)34-24-27-40-44(30-34)48(36-25-22-33(23-26-36)38-20-11-15-32-14-7-8-18-37(32)38)43-29-28-42-45(46(40)43)39-19-9-10-21-41(39)47(42)35-16-5-2-6-17-35/h3*1-30H. The van der Waals surface area contributed by atoms with Crippen molar-refractivity contribution in [2.45, 2.75) is 0 Å². The van der Waals surface area contributed by atoms with Crippen LogP contribution < -0.4 is 0 Å². The molecule has 0 fully saturated rings. The fourth-order valence-electron chi connectivity index (χ4n) is 23.2. The van der Waals surface area contributed by atoms with Crippen molar-refractivity contribution in [1.82, 2.24) is 27.4 Å². The SMILES string of the molecule is c1ccc(-c2ccc3c4c5c6ccccc6n(-c6ccccc6)c5ccc4n(-c4ccc(-c5cccc6ccccc56)cc4)c3c2)cc1.c1ccc(-c2ccc3cc(-n4c5ccccc5c5c6c7cc(-c8ccccc8)ccc7n(-c7ccccc7)c6ccc54)ccc3c2)cc1.c1ccc(-c2ccc3cc(-n4c5ccccc5c5c6c7ccc(-c8ccccc8)cc7n(-c7ccccc7)c6ccc54)ccc3c2)cc1. The van der Waals surface area contributed by atoms with Crippen molar-refractivity contribution in [2.24, 2.45) is 0 Å². The van der Waals surface area contributed by atoms with Crippen LogP contribution in [0.15, 0.2) is 546 Å². The summed E-state index contributed by atoms with van der Waals surface area (Å²) in [5.41, 5.74) is 36.2. The monoisotopic (exact) mass is 1830 g/mol. The quantitative estimate of drug-likeness (QED) is 0.117. The number of nitrogens with zero attached hydrogens (tertiary/aromatic N) is 6. The van der Waals surface area contributed by atoms with Gasteiger partial charge in [-0.2, -0.15) is 0 Å². The maximum atomic E-state index is 2.46. The van der Waals surface area contributed by atoms with Crippen molar-refractivity contribution < 1.29 is 0 Å². The van der Waals surface area contributed by atoms with E-state index in [9.17, 15) is 0 Å². The first-order chi connectivity index (χ1) is 71.5. The molecule has 6 heteroatoms. The molecule has 30 rings (SSSR count). The van der Waals surface area contributed by atoms with Crippen LogP contribution in [0.25, 0.3) is 264 Å². The first kappa shape index (κ1) is 83.1. The van der Waals surface area contributed by atoms with Crippen LogP contribution in [0.1, 0.15) is 0 Å². The van der Waals surface area contributed by atoms with Gasteiger partial charge in [-0.1, -0.05) is 382 Å². The molecule has 0 aliphatic rings. The summed E-state index contributed by atoms with van der Waals surface area (Å²) in [6.07, 6.45) is 0. The second-order valence-corrected chi connectivity index (χ2v) is 37.7. The fraction of sp³-hybridized carbons (Fsp3) is 0. The lowest BCUT2D eigenvalue weighted by atomic mass is 9.98. The largest absolute Gasteiger partial charge is 0.309 e. The number of benzene rings is 24. The number of hydrogen-bond donors (Lipinski definition) is 0. The van der Waals surface area contributed by atoms with E-state index in [1.165, 1.54) is 241 Å². The predicted molar refractivity (Wildman–Crippen MR) is 610 cm³/mol. The highest BCUT2D eigenvalue weighted by Crippen LogP contribution is 2.50. The van der Waals surface area contributed by atoms with E-state index in [1.807, 2.05) is 0 Å². The zero-order valence-corrected chi connectivity index (χ0v) is 78.6. The Labute approximate surface area is 831 Å². The van der Waals surface area contributed by atoms with Crippen molar-refractivity contribution in [3.8, 4) is 101 Å². The van der Waals surface area contributed by atoms with Crippen molar-refractivity contribution in [3.63, 3.8) is 0 Å². The summed E-state index contributed by atoms with van der Waals surface area (Å²) >= 11 is 0. The van der Waals surface area contributed by atoms with Gasteiger partial charge in [-0.3, -0.25) is 0 Å². The molecule has 0 aliphatic carbocycles. The summed E-state index contributed by atoms with van der Waals surface area (Å²) in [5.74, 6) is 0. The molecule has 0 radical (unpaired) electrons. The number of aromatic nitrogens is 6. The Morgan fingerprint density at radius 2 is 0.333 bits per heavy atom. The zero-order valence-electron chi connectivity index (χ0n) is 78.6. The van der Waals surface area contributed by atoms with Crippen LogP contribution in [0.5, 0.6) is 0 Å². The van der Waals surface area contributed by atoms with Crippen LogP contribution in [0.2, 0.25) is 0 Å². The normalized spacial score (nSPS) is 11.8. The molecule has 0 aliphatic heterocycles. The van der Waals surface area contributed by atoms with Gasteiger partial charge in [0.15, 0.2) is 0 Å². The average molecular weight is 1830 g/mol. The lowest BCUT2D eigenvalue weighted by molar-refractivity contribution is 1.17. The maximum absolute atomic E-state index is 2.46. The lowest BCUT2D eigenvalue weighted by Gasteiger charge is -2.12. The number of para-hydroxylation sites is 6. The second kappa shape index (κ2) is 34.5. The van der Waals surface area contributed by atoms with Crippen molar-refractivity contribution in [1.29, 1.82) is 0 Å². The first-order valence-corrected chi connectivity index (χ1v) is 49.6. The maximum Gasteiger partial charge on any atom is 0.0548 e. The fourth-order valence-corrected chi connectivity index (χ4v) is 23.2. The Balaban J connectivity index is 0.000000105.